The van der Waals surface area contributed by atoms with Gasteiger partial charge in [0, 0.05) is 23.8 Å². The van der Waals surface area contributed by atoms with Crippen LogP contribution < -0.4 is 5.32 Å². The second kappa shape index (κ2) is 8.62. The smallest absolute Gasteiger partial charge is 0.229 e. The summed E-state index contributed by atoms with van der Waals surface area (Å²) < 4.78 is 0. The molecule has 0 spiro atoms. The van der Waals surface area contributed by atoms with Gasteiger partial charge in [-0.25, -0.2) is 9.98 Å². The Morgan fingerprint density at radius 2 is 1.71 bits per heavy atom. The zero-order valence-electron chi connectivity index (χ0n) is 17.1. The maximum Gasteiger partial charge on any atom is 0.229 e. The van der Waals surface area contributed by atoms with Crippen LogP contribution in [0.4, 0.5) is 17.5 Å². The van der Waals surface area contributed by atoms with Gasteiger partial charge in [-0.1, -0.05) is 36.4 Å². The van der Waals surface area contributed by atoms with Gasteiger partial charge in [0.2, 0.25) is 5.95 Å². The zero-order chi connectivity index (χ0) is 21.0. The molecular formula is C25H23N5O. The lowest BCUT2D eigenvalue weighted by Gasteiger charge is -2.18. The molecule has 1 saturated carbocycles. The molecule has 0 radical (unpaired) electrons. The van der Waals surface area contributed by atoms with Crippen molar-refractivity contribution in [1.29, 1.82) is 0 Å². The van der Waals surface area contributed by atoms with Gasteiger partial charge in [-0.3, -0.25) is 4.98 Å². The first-order chi connectivity index (χ1) is 15.2. The first kappa shape index (κ1) is 19.3. The number of nitrogens with one attached hydrogen (secondary N) is 1. The lowest BCUT2D eigenvalue weighted by atomic mass is 9.96. The summed E-state index contributed by atoms with van der Waals surface area (Å²) in [6.07, 6.45) is 6.33. The molecule has 1 aliphatic rings. The topological polar surface area (TPSA) is 83.3 Å². The predicted octanol–water partition coefficient (Wildman–Crippen LogP) is 5.44. The number of benzene rings is 2. The molecule has 0 unspecified atom stereocenters. The van der Waals surface area contributed by atoms with Crippen LogP contribution in [0.15, 0.2) is 78.0 Å². The molecule has 2 aromatic heterocycles. The van der Waals surface area contributed by atoms with Crippen molar-refractivity contribution in [3.8, 4) is 11.3 Å². The molecule has 2 aromatic carbocycles. The molecule has 6 nitrogen and oxygen atoms in total. The summed E-state index contributed by atoms with van der Waals surface area (Å²) in [5.74, 6) is 1.09. The quantitative estimate of drug-likeness (QED) is 0.469. The molecule has 0 bridgehead atoms. The highest BCUT2D eigenvalue weighted by molar-refractivity contribution is 5.89. The summed E-state index contributed by atoms with van der Waals surface area (Å²) in [6, 6.07) is 20.2. The Morgan fingerprint density at radius 1 is 0.903 bits per heavy atom. The molecule has 0 aliphatic heterocycles. The van der Waals surface area contributed by atoms with Crippen molar-refractivity contribution in [2.24, 2.45) is 4.99 Å². The molecule has 6 heteroatoms. The Kier molecular flexibility index (Phi) is 5.37. The van der Waals surface area contributed by atoms with Crippen molar-refractivity contribution in [2.45, 2.75) is 31.8 Å². The largest absolute Gasteiger partial charge is 0.393 e. The van der Waals surface area contributed by atoms with E-state index < -0.39 is 0 Å². The van der Waals surface area contributed by atoms with Gasteiger partial charge >= 0.3 is 0 Å². The molecule has 31 heavy (non-hydrogen) atoms. The minimum atomic E-state index is -0.232. The molecule has 5 rings (SSSR count). The number of fused-ring (bicyclic) bond motifs is 1. The van der Waals surface area contributed by atoms with E-state index in [9.17, 15) is 5.11 Å². The fraction of sp³-hybridized carbons (Fsp3) is 0.200. The van der Waals surface area contributed by atoms with Crippen LogP contribution in [0.25, 0.3) is 22.0 Å². The number of anilines is 2. The van der Waals surface area contributed by atoms with E-state index in [4.69, 9.17) is 9.98 Å². The number of aliphatic hydroxyl groups excluding tert-OH is 1. The van der Waals surface area contributed by atoms with Crippen molar-refractivity contribution in [3.05, 3.63) is 73.1 Å². The maximum absolute atomic E-state index is 9.81. The summed E-state index contributed by atoms with van der Waals surface area (Å²) >= 11 is 0. The molecule has 2 heterocycles. The second-order valence-corrected chi connectivity index (χ2v) is 7.74. The number of hydrogen-bond acceptors (Lipinski definition) is 6. The third-order valence-electron chi connectivity index (χ3n) is 5.51. The lowest BCUT2D eigenvalue weighted by molar-refractivity contribution is 0.152. The minimum absolute atomic E-state index is 0.232. The summed E-state index contributed by atoms with van der Waals surface area (Å²) in [6.45, 7) is 0. The standard InChI is InChI=1S/C25H23N5O/c31-21-12-10-19(11-13-21)28-24-22(23-7-3-4-14-26-23)16-27-25(30-24)29-20-9-8-17-5-1-2-6-18(17)15-20/h1-9,14-16,21,31H,10-13H2,(H,27,29,30). The van der Waals surface area contributed by atoms with E-state index in [-0.39, 0.29) is 6.10 Å². The van der Waals surface area contributed by atoms with Gasteiger partial charge < -0.3 is 10.4 Å². The monoisotopic (exact) mass is 409 g/mol. The fourth-order valence-corrected chi connectivity index (χ4v) is 3.81. The van der Waals surface area contributed by atoms with Crippen molar-refractivity contribution in [2.75, 3.05) is 5.32 Å². The first-order valence-electron chi connectivity index (χ1n) is 10.5. The van der Waals surface area contributed by atoms with E-state index in [1.165, 1.54) is 5.39 Å². The highest BCUT2D eigenvalue weighted by Crippen LogP contribution is 2.30. The van der Waals surface area contributed by atoms with E-state index in [1.807, 2.05) is 36.4 Å². The number of nitrogens with zero attached hydrogens (tertiary/aromatic N) is 4. The first-order valence-corrected chi connectivity index (χ1v) is 10.5. The van der Waals surface area contributed by atoms with E-state index in [0.717, 1.165) is 53.7 Å². The Bertz CT molecular complexity index is 1230. The zero-order valence-corrected chi connectivity index (χ0v) is 17.1. The van der Waals surface area contributed by atoms with Crippen molar-refractivity contribution < 1.29 is 5.11 Å². The number of pyridine rings is 1. The van der Waals surface area contributed by atoms with Crippen LogP contribution in [-0.2, 0) is 0 Å². The van der Waals surface area contributed by atoms with Crippen molar-refractivity contribution in [1.82, 2.24) is 15.0 Å². The summed E-state index contributed by atoms with van der Waals surface area (Å²) in [4.78, 5) is 18.6. The normalized spacial score (nSPS) is 16.3. The van der Waals surface area contributed by atoms with Gasteiger partial charge in [-0.2, -0.15) is 4.98 Å². The van der Waals surface area contributed by atoms with E-state index in [2.05, 4.69) is 39.6 Å². The average Bonchev–Trinajstić information content (AvgIpc) is 2.81. The molecule has 2 N–H and O–H groups in total. The van der Waals surface area contributed by atoms with Gasteiger partial charge in [0.05, 0.1) is 17.4 Å². The van der Waals surface area contributed by atoms with Gasteiger partial charge in [-0.05, 0) is 60.7 Å². The van der Waals surface area contributed by atoms with E-state index in [1.54, 1.807) is 12.4 Å². The van der Waals surface area contributed by atoms with Crippen LogP contribution in [0.2, 0.25) is 0 Å². The number of aliphatic imine (C=N–C) groups is 1. The third-order valence-corrected chi connectivity index (χ3v) is 5.51. The number of rotatable bonds is 4. The third kappa shape index (κ3) is 4.44. The number of hydrogen-bond donors (Lipinski definition) is 2. The van der Waals surface area contributed by atoms with E-state index in [0.29, 0.717) is 11.8 Å². The molecule has 0 amide bonds. The van der Waals surface area contributed by atoms with Gasteiger partial charge in [0.1, 0.15) is 0 Å². The Morgan fingerprint density at radius 3 is 2.52 bits per heavy atom. The predicted molar refractivity (Wildman–Crippen MR) is 124 cm³/mol. The lowest BCUT2D eigenvalue weighted by Crippen LogP contribution is -2.17. The molecular weight excluding hydrogens is 386 g/mol. The van der Waals surface area contributed by atoms with Crippen LogP contribution in [0.5, 0.6) is 0 Å². The highest BCUT2D eigenvalue weighted by atomic mass is 16.3. The van der Waals surface area contributed by atoms with E-state index >= 15 is 0 Å². The Hall–Kier alpha value is -3.64. The van der Waals surface area contributed by atoms with Crippen molar-refractivity contribution in [3.63, 3.8) is 0 Å². The summed E-state index contributed by atoms with van der Waals surface area (Å²) in [7, 11) is 0. The average molecular weight is 409 g/mol. The van der Waals surface area contributed by atoms with Crippen molar-refractivity contribution >= 4 is 33.9 Å². The van der Waals surface area contributed by atoms with Crippen LogP contribution >= 0.6 is 0 Å². The van der Waals surface area contributed by atoms with Gasteiger partial charge in [0.15, 0.2) is 5.82 Å². The summed E-state index contributed by atoms with van der Waals surface area (Å²) in [5.41, 5.74) is 3.56. The molecule has 154 valence electrons. The van der Waals surface area contributed by atoms with Crippen LogP contribution in [-0.4, -0.2) is 31.9 Å². The molecule has 0 atom stereocenters. The summed E-state index contributed by atoms with van der Waals surface area (Å²) in [5, 5.41) is 15.5. The van der Waals surface area contributed by atoms with Crippen LogP contribution in [0, 0.1) is 0 Å². The Balaban J connectivity index is 1.50. The molecule has 4 aromatic rings. The van der Waals surface area contributed by atoms with Gasteiger partial charge in [-0.15, -0.1) is 0 Å². The maximum atomic E-state index is 9.81. The van der Waals surface area contributed by atoms with Crippen LogP contribution in [0.3, 0.4) is 0 Å². The number of aromatic nitrogens is 3. The highest BCUT2D eigenvalue weighted by Gasteiger charge is 2.17. The SMILES string of the molecule is OC1CCC(=Nc2nc(Nc3ccc4ccccc4c3)ncc2-c2ccccn2)CC1. The fourth-order valence-electron chi connectivity index (χ4n) is 3.81. The Labute approximate surface area is 180 Å². The molecule has 1 fully saturated rings. The van der Waals surface area contributed by atoms with Crippen LogP contribution in [0.1, 0.15) is 25.7 Å². The number of aliphatic hydroxyl groups is 1. The molecule has 1 aliphatic carbocycles. The second-order valence-electron chi connectivity index (χ2n) is 7.74. The van der Waals surface area contributed by atoms with Gasteiger partial charge in [0.25, 0.3) is 0 Å². The molecule has 0 saturated heterocycles. The minimum Gasteiger partial charge on any atom is -0.393 e.